The molecule has 0 saturated carbocycles. The van der Waals surface area contributed by atoms with Gasteiger partial charge < -0.3 is 9.29 Å². The van der Waals surface area contributed by atoms with Crippen LogP contribution in [-0.4, -0.2) is 18.9 Å². The smallest absolute Gasteiger partial charge is 0.744 e. The maximum atomic E-state index is 10.7. The van der Waals surface area contributed by atoms with Gasteiger partial charge in [-0.3, -0.25) is 0 Å². The molecule has 0 atom stereocenters. The van der Waals surface area contributed by atoms with E-state index in [-0.39, 0.29) is 40.2 Å². The van der Waals surface area contributed by atoms with E-state index in [2.05, 4.69) is 11.3 Å². The van der Waals surface area contributed by atoms with Crippen molar-refractivity contribution >= 4 is 16.1 Å². The Kier molecular flexibility index (Phi) is 5.91. The quantitative estimate of drug-likeness (QED) is 0.198. The molecular formula is C9H7NaO5S. The Morgan fingerprint density at radius 3 is 2.19 bits per heavy atom. The first kappa shape index (κ1) is 15.3. The minimum absolute atomic E-state index is 0. The van der Waals surface area contributed by atoms with Gasteiger partial charge in [0.25, 0.3) is 0 Å². The van der Waals surface area contributed by atoms with Crippen LogP contribution in [0.2, 0.25) is 0 Å². The fourth-order valence-electron chi connectivity index (χ4n) is 0.832. The summed E-state index contributed by atoms with van der Waals surface area (Å²) in [7, 11) is -4.46. The van der Waals surface area contributed by atoms with Crippen molar-refractivity contribution < 1.29 is 52.1 Å². The number of rotatable bonds is 3. The van der Waals surface area contributed by atoms with Crippen molar-refractivity contribution in [3.8, 4) is 5.75 Å². The van der Waals surface area contributed by atoms with Crippen LogP contribution < -0.4 is 34.3 Å². The van der Waals surface area contributed by atoms with Crippen LogP contribution in [0, 0.1) is 0 Å². The molecule has 7 heteroatoms. The third-order valence-corrected chi connectivity index (χ3v) is 2.35. The molecule has 0 N–H and O–H groups in total. The summed E-state index contributed by atoms with van der Waals surface area (Å²) in [5.74, 6) is -0.514. The molecule has 0 radical (unpaired) electrons. The third-order valence-electron chi connectivity index (χ3n) is 1.50. The zero-order valence-corrected chi connectivity index (χ0v) is 11.4. The second kappa shape index (κ2) is 6.17. The Bertz CT molecular complexity index is 477. The Labute approximate surface area is 115 Å². The number of hydrogen-bond donors (Lipinski definition) is 0. The SMILES string of the molecule is C=CC(=O)Oc1ccc(S(=O)(=O)[O-])cc1.[Na+]. The fraction of sp³-hybridized carbons (Fsp3) is 0. The minimum atomic E-state index is -4.46. The van der Waals surface area contributed by atoms with Crippen molar-refractivity contribution in [3.05, 3.63) is 36.9 Å². The van der Waals surface area contributed by atoms with Crippen molar-refractivity contribution in [1.29, 1.82) is 0 Å². The molecule has 0 saturated heterocycles. The van der Waals surface area contributed by atoms with Gasteiger partial charge in [0.15, 0.2) is 0 Å². The van der Waals surface area contributed by atoms with E-state index >= 15 is 0 Å². The van der Waals surface area contributed by atoms with Gasteiger partial charge in [-0.1, -0.05) is 6.58 Å². The summed E-state index contributed by atoms with van der Waals surface area (Å²) in [4.78, 5) is 10.4. The number of esters is 1. The van der Waals surface area contributed by atoms with Crippen molar-refractivity contribution in [2.75, 3.05) is 0 Å². The van der Waals surface area contributed by atoms with Crippen LogP contribution in [0.25, 0.3) is 0 Å². The van der Waals surface area contributed by atoms with E-state index in [0.717, 1.165) is 18.2 Å². The Morgan fingerprint density at radius 2 is 1.81 bits per heavy atom. The third kappa shape index (κ3) is 4.46. The molecule has 0 bridgehead atoms. The topological polar surface area (TPSA) is 83.5 Å². The summed E-state index contributed by atoms with van der Waals surface area (Å²) >= 11 is 0. The number of carbonyl (C=O) groups excluding carboxylic acids is 1. The standard InChI is InChI=1S/C9H8O5S.Na/c1-2-9(10)14-7-3-5-8(6-4-7)15(11,12)13;/h2-6H,1H2,(H,11,12,13);/q;+1/p-1. The Balaban J connectivity index is 0.00000225. The zero-order chi connectivity index (χ0) is 11.5. The normalized spacial score (nSPS) is 10.1. The van der Waals surface area contributed by atoms with Crippen molar-refractivity contribution in [3.63, 3.8) is 0 Å². The van der Waals surface area contributed by atoms with Gasteiger partial charge in [-0.2, -0.15) is 0 Å². The first-order valence-corrected chi connectivity index (χ1v) is 5.24. The number of carbonyl (C=O) groups is 1. The van der Waals surface area contributed by atoms with E-state index in [1.54, 1.807) is 0 Å². The van der Waals surface area contributed by atoms with Gasteiger partial charge in [0.2, 0.25) is 0 Å². The first-order chi connectivity index (χ1) is 6.93. The molecule has 0 unspecified atom stereocenters. The predicted molar refractivity (Wildman–Crippen MR) is 50.2 cm³/mol. The van der Waals surface area contributed by atoms with Crippen LogP contribution >= 0.6 is 0 Å². The Hall–Kier alpha value is -0.660. The second-order valence-electron chi connectivity index (χ2n) is 2.55. The molecule has 16 heavy (non-hydrogen) atoms. The van der Waals surface area contributed by atoms with Crippen LogP contribution in [0.15, 0.2) is 41.8 Å². The summed E-state index contributed by atoms with van der Waals surface area (Å²) in [6.07, 6.45) is 0.970. The van der Waals surface area contributed by atoms with Crippen LogP contribution in [0.3, 0.4) is 0 Å². The molecule has 0 heterocycles. The van der Waals surface area contributed by atoms with E-state index in [4.69, 9.17) is 0 Å². The average Bonchev–Trinajstić information content (AvgIpc) is 2.17. The monoisotopic (exact) mass is 250 g/mol. The molecular weight excluding hydrogens is 243 g/mol. The van der Waals surface area contributed by atoms with Gasteiger partial charge in [-0.25, -0.2) is 13.2 Å². The molecule has 0 fully saturated rings. The van der Waals surface area contributed by atoms with E-state index in [0.29, 0.717) is 0 Å². The van der Waals surface area contributed by atoms with Crippen LogP contribution in [0.4, 0.5) is 0 Å². The number of ether oxygens (including phenoxy) is 1. The average molecular weight is 250 g/mol. The Morgan fingerprint density at radius 1 is 1.31 bits per heavy atom. The second-order valence-corrected chi connectivity index (χ2v) is 3.93. The van der Waals surface area contributed by atoms with Gasteiger partial charge in [0.05, 0.1) is 4.90 Å². The molecule has 1 aromatic rings. The fourth-order valence-corrected chi connectivity index (χ4v) is 1.30. The zero-order valence-electron chi connectivity index (χ0n) is 8.54. The molecule has 0 aromatic heterocycles. The van der Waals surface area contributed by atoms with Crippen LogP contribution in [0.1, 0.15) is 0 Å². The molecule has 5 nitrogen and oxygen atoms in total. The predicted octanol–water partition coefficient (Wildman–Crippen LogP) is -2.31. The van der Waals surface area contributed by atoms with E-state index in [9.17, 15) is 17.8 Å². The largest absolute Gasteiger partial charge is 1.00 e. The van der Waals surface area contributed by atoms with E-state index in [1.165, 1.54) is 12.1 Å². The van der Waals surface area contributed by atoms with Gasteiger partial charge in [-0.15, -0.1) is 0 Å². The van der Waals surface area contributed by atoms with Gasteiger partial charge >= 0.3 is 35.5 Å². The maximum absolute atomic E-state index is 10.7. The van der Waals surface area contributed by atoms with E-state index in [1.807, 2.05) is 0 Å². The van der Waals surface area contributed by atoms with E-state index < -0.39 is 16.1 Å². The molecule has 0 amide bonds. The summed E-state index contributed by atoms with van der Waals surface area (Å²) in [6, 6.07) is 4.56. The number of hydrogen-bond acceptors (Lipinski definition) is 5. The van der Waals surface area contributed by atoms with Crippen molar-refractivity contribution in [2.45, 2.75) is 4.90 Å². The molecule has 0 aliphatic carbocycles. The summed E-state index contributed by atoms with van der Waals surface area (Å²) in [5, 5.41) is 0. The minimum Gasteiger partial charge on any atom is -0.744 e. The molecule has 0 aliphatic heterocycles. The van der Waals surface area contributed by atoms with Crippen LogP contribution in [-0.2, 0) is 14.9 Å². The first-order valence-electron chi connectivity index (χ1n) is 3.83. The van der Waals surface area contributed by atoms with Gasteiger partial charge in [0.1, 0.15) is 15.9 Å². The molecule has 80 valence electrons. The molecule has 0 spiro atoms. The summed E-state index contributed by atoms with van der Waals surface area (Å²) < 4.78 is 36.3. The maximum Gasteiger partial charge on any atom is 1.00 e. The summed E-state index contributed by atoms with van der Waals surface area (Å²) in [6.45, 7) is 3.19. The number of benzene rings is 1. The summed E-state index contributed by atoms with van der Waals surface area (Å²) in [5.41, 5.74) is 0. The van der Waals surface area contributed by atoms with Gasteiger partial charge in [0, 0.05) is 6.08 Å². The molecule has 1 rings (SSSR count). The molecule has 0 aliphatic rings. The van der Waals surface area contributed by atoms with Crippen LogP contribution in [0.5, 0.6) is 5.75 Å². The van der Waals surface area contributed by atoms with Crippen molar-refractivity contribution in [2.24, 2.45) is 0 Å². The van der Waals surface area contributed by atoms with Gasteiger partial charge in [-0.05, 0) is 24.3 Å². The van der Waals surface area contributed by atoms with Crippen molar-refractivity contribution in [1.82, 2.24) is 0 Å². The molecule has 1 aromatic carbocycles.